The summed E-state index contributed by atoms with van der Waals surface area (Å²) >= 11 is 0. The third kappa shape index (κ3) is 4.79. The molecular formula is C29H29N3O5. The van der Waals surface area contributed by atoms with Crippen molar-refractivity contribution in [3.8, 4) is 11.5 Å². The summed E-state index contributed by atoms with van der Waals surface area (Å²) in [6.07, 6.45) is 8.65. The van der Waals surface area contributed by atoms with Gasteiger partial charge in [-0.25, -0.2) is 0 Å². The molecule has 0 aromatic heterocycles. The van der Waals surface area contributed by atoms with Crippen molar-refractivity contribution in [3.05, 3.63) is 78.4 Å². The fourth-order valence-corrected chi connectivity index (χ4v) is 5.47. The number of fused-ring (bicyclic) bond motifs is 5. The van der Waals surface area contributed by atoms with Crippen LogP contribution in [0.1, 0.15) is 24.5 Å². The number of nitrogens with zero attached hydrogens (tertiary/aromatic N) is 2. The van der Waals surface area contributed by atoms with Crippen LogP contribution in [0.4, 0.5) is 5.69 Å². The van der Waals surface area contributed by atoms with Gasteiger partial charge < -0.3 is 14.8 Å². The first-order valence-electron chi connectivity index (χ1n) is 12.5. The van der Waals surface area contributed by atoms with Gasteiger partial charge in [-0.2, -0.15) is 10.1 Å². The van der Waals surface area contributed by atoms with E-state index in [0.717, 1.165) is 17.0 Å². The molecule has 3 aliphatic rings. The lowest BCUT2D eigenvalue weighted by atomic mass is 9.85. The van der Waals surface area contributed by atoms with E-state index in [0.29, 0.717) is 35.8 Å². The van der Waals surface area contributed by atoms with Crippen LogP contribution in [0.2, 0.25) is 0 Å². The van der Waals surface area contributed by atoms with E-state index < -0.39 is 0 Å². The maximum atomic E-state index is 12.9. The molecule has 0 radical (unpaired) electrons. The zero-order chi connectivity index (χ0) is 25.9. The van der Waals surface area contributed by atoms with Crippen LogP contribution in [0.3, 0.4) is 0 Å². The Kier molecular flexibility index (Phi) is 6.90. The smallest absolute Gasteiger partial charge is 0.262 e. The fourth-order valence-electron chi connectivity index (χ4n) is 5.47. The van der Waals surface area contributed by atoms with E-state index in [9.17, 15) is 14.4 Å². The fraction of sp³-hybridized carbons (Fsp3) is 0.310. The molecule has 5 rings (SSSR count). The highest BCUT2D eigenvalue weighted by Gasteiger charge is 2.59. The molecule has 3 amide bonds. The number of hydrogen-bond acceptors (Lipinski definition) is 6. The van der Waals surface area contributed by atoms with Crippen LogP contribution >= 0.6 is 0 Å². The van der Waals surface area contributed by atoms with Gasteiger partial charge in [0.15, 0.2) is 18.1 Å². The van der Waals surface area contributed by atoms with Crippen LogP contribution in [0.25, 0.3) is 0 Å². The molecule has 4 atom stereocenters. The average molecular weight is 500 g/mol. The molecule has 2 fully saturated rings. The molecule has 8 nitrogen and oxygen atoms in total. The van der Waals surface area contributed by atoms with Gasteiger partial charge in [-0.1, -0.05) is 36.4 Å². The number of rotatable bonds is 10. The second kappa shape index (κ2) is 10.4. The van der Waals surface area contributed by atoms with Gasteiger partial charge in [0.1, 0.15) is 0 Å². The molecule has 1 saturated heterocycles. The average Bonchev–Trinajstić information content (AvgIpc) is 3.57. The van der Waals surface area contributed by atoms with E-state index in [4.69, 9.17) is 9.47 Å². The van der Waals surface area contributed by atoms with Gasteiger partial charge in [0.05, 0.1) is 24.7 Å². The van der Waals surface area contributed by atoms with Crippen LogP contribution in [0.15, 0.2) is 72.4 Å². The highest BCUT2D eigenvalue weighted by atomic mass is 16.5. The summed E-state index contributed by atoms with van der Waals surface area (Å²) < 4.78 is 11.7. The van der Waals surface area contributed by atoms with Crippen molar-refractivity contribution in [3.63, 3.8) is 0 Å². The van der Waals surface area contributed by atoms with Crippen molar-refractivity contribution >= 4 is 29.6 Å². The highest BCUT2D eigenvalue weighted by molar-refractivity contribution is 6.06. The van der Waals surface area contributed by atoms with E-state index in [1.807, 2.05) is 31.2 Å². The summed E-state index contributed by atoms with van der Waals surface area (Å²) in [4.78, 5) is 38.3. The number of amides is 3. The van der Waals surface area contributed by atoms with Crippen molar-refractivity contribution in [2.24, 2.45) is 28.8 Å². The van der Waals surface area contributed by atoms with E-state index in [1.165, 1.54) is 6.21 Å². The second-order valence-corrected chi connectivity index (χ2v) is 9.37. The largest absolute Gasteiger partial charge is 0.490 e. The predicted molar refractivity (Wildman–Crippen MR) is 139 cm³/mol. The van der Waals surface area contributed by atoms with E-state index in [2.05, 4.69) is 29.1 Å². The van der Waals surface area contributed by atoms with E-state index in [-0.39, 0.29) is 48.0 Å². The first kappa shape index (κ1) is 24.5. The Morgan fingerprint density at radius 1 is 1.11 bits per heavy atom. The van der Waals surface area contributed by atoms with Crippen LogP contribution in [-0.2, 0) is 20.8 Å². The molecule has 1 saturated carbocycles. The molecule has 1 heterocycles. The lowest BCUT2D eigenvalue weighted by molar-refractivity contribution is -0.140. The van der Waals surface area contributed by atoms with Gasteiger partial charge in [0.25, 0.3) is 17.7 Å². The Hall–Kier alpha value is -4.20. The van der Waals surface area contributed by atoms with Crippen molar-refractivity contribution in [2.75, 3.05) is 18.5 Å². The van der Waals surface area contributed by atoms with Gasteiger partial charge in [0.2, 0.25) is 0 Å². The third-order valence-electron chi connectivity index (χ3n) is 6.99. The summed E-state index contributed by atoms with van der Waals surface area (Å²) in [5, 5.41) is 8.10. The molecule has 4 unspecified atom stereocenters. The van der Waals surface area contributed by atoms with Crippen LogP contribution in [0.5, 0.6) is 11.5 Å². The van der Waals surface area contributed by atoms with Crippen LogP contribution < -0.4 is 14.8 Å². The molecule has 190 valence electrons. The topological polar surface area (TPSA) is 97.3 Å². The number of benzene rings is 2. The highest BCUT2D eigenvalue weighted by Crippen LogP contribution is 2.52. The van der Waals surface area contributed by atoms with E-state index >= 15 is 0 Å². The number of hydrazone groups is 1. The molecule has 2 aromatic rings. The summed E-state index contributed by atoms with van der Waals surface area (Å²) in [5.74, 6) is -0.226. The summed E-state index contributed by atoms with van der Waals surface area (Å²) in [7, 11) is 0. The molecule has 8 heteroatoms. The minimum Gasteiger partial charge on any atom is -0.490 e. The number of hydrogen-bond donors (Lipinski definition) is 1. The number of para-hydroxylation sites is 1. The number of carbonyl (C=O) groups is 3. The molecule has 2 bridgehead atoms. The number of nitrogens with one attached hydrogen (secondary N) is 1. The Morgan fingerprint density at radius 2 is 1.81 bits per heavy atom. The summed E-state index contributed by atoms with van der Waals surface area (Å²) in [6, 6.07) is 12.7. The minimum atomic E-state index is -0.302. The SMILES string of the molecule is C=CCc1cc(C=NN2C(=O)C3C4C=CC(C4)C3C2=O)cc(OCC)c1OCC(=O)Nc1ccccc1. The van der Waals surface area contributed by atoms with Crippen molar-refractivity contribution in [1.29, 1.82) is 0 Å². The molecule has 37 heavy (non-hydrogen) atoms. The quantitative estimate of drug-likeness (QED) is 0.303. The van der Waals surface area contributed by atoms with Gasteiger partial charge >= 0.3 is 0 Å². The first-order valence-corrected chi connectivity index (χ1v) is 12.5. The van der Waals surface area contributed by atoms with Gasteiger partial charge in [0, 0.05) is 11.3 Å². The van der Waals surface area contributed by atoms with E-state index in [1.54, 1.807) is 24.3 Å². The molecular weight excluding hydrogens is 470 g/mol. The Morgan fingerprint density at radius 3 is 2.46 bits per heavy atom. The monoisotopic (exact) mass is 499 g/mol. The first-order chi connectivity index (χ1) is 18.0. The van der Waals surface area contributed by atoms with Gasteiger partial charge in [-0.3, -0.25) is 14.4 Å². The maximum Gasteiger partial charge on any atom is 0.262 e. The lowest BCUT2D eigenvalue weighted by Gasteiger charge is -2.17. The zero-order valence-corrected chi connectivity index (χ0v) is 20.6. The number of anilines is 1. The normalized spacial score (nSPS) is 23.5. The van der Waals surface area contributed by atoms with Gasteiger partial charge in [-0.15, -0.1) is 6.58 Å². The molecule has 2 aromatic carbocycles. The molecule has 1 N–H and O–H groups in total. The predicted octanol–water partition coefficient (Wildman–Crippen LogP) is 3.97. The standard InChI is InChI=1S/C29H29N3O5/c1-3-8-21-13-18(16-30-32-28(34)25-19-11-12-20(15-19)26(25)29(32)35)14-23(36-4-2)27(21)37-17-24(33)31-22-9-6-5-7-10-22/h3,5-7,9-14,16,19-20,25-26H,1,4,8,15,17H2,2H3,(H,31,33). The lowest BCUT2D eigenvalue weighted by Crippen LogP contribution is -2.28. The zero-order valence-electron chi connectivity index (χ0n) is 20.6. The minimum absolute atomic E-state index is 0.130. The summed E-state index contributed by atoms with van der Waals surface area (Å²) in [5.41, 5.74) is 2.06. The second-order valence-electron chi connectivity index (χ2n) is 9.37. The van der Waals surface area contributed by atoms with Crippen molar-refractivity contribution in [1.82, 2.24) is 5.01 Å². The Balaban J connectivity index is 1.34. The summed E-state index contributed by atoms with van der Waals surface area (Å²) in [6.45, 7) is 5.84. The number of carbonyl (C=O) groups excluding carboxylic acids is 3. The Labute approximate surface area is 215 Å². The van der Waals surface area contributed by atoms with Crippen molar-refractivity contribution in [2.45, 2.75) is 19.8 Å². The maximum absolute atomic E-state index is 12.9. The number of allylic oxidation sites excluding steroid dienone is 3. The molecule has 1 aliphatic heterocycles. The van der Waals surface area contributed by atoms with Crippen molar-refractivity contribution < 1.29 is 23.9 Å². The van der Waals surface area contributed by atoms with Gasteiger partial charge in [-0.05, 0) is 61.4 Å². The van der Waals surface area contributed by atoms with Crippen LogP contribution in [0, 0.1) is 23.7 Å². The molecule has 0 spiro atoms. The number of ether oxygens (including phenoxy) is 2. The Bertz CT molecular complexity index is 1260. The third-order valence-corrected chi connectivity index (χ3v) is 6.99. The van der Waals surface area contributed by atoms with Crippen LogP contribution in [-0.4, -0.2) is 42.2 Å². The molecule has 2 aliphatic carbocycles. The number of imide groups is 1.